The number of aromatic amines is 1. The Morgan fingerprint density at radius 2 is 2.08 bits per heavy atom. The van der Waals surface area contributed by atoms with Gasteiger partial charge in [-0.05, 0) is 36.2 Å². The Balaban J connectivity index is 1.61. The van der Waals surface area contributed by atoms with Crippen LogP contribution in [0.2, 0.25) is 5.02 Å². The van der Waals surface area contributed by atoms with Crippen molar-refractivity contribution in [3.63, 3.8) is 0 Å². The summed E-state index contributed by atoms with van der Waals surface area (Å²) in [6.07, 6.45) is 1.10. The molecule has 0 amide bonds. The fourth-order valence-electron chi connectivity index (χ4n) is 3.45. The fourth-order valence-corrected chi connectivity index (χ4v) is 3.67. The van der Waals surface area contributed by atoms with Crippen LogP contribution >= 0.6 is 11.6 Å². The number of methoxy groups -OCH3 is 1. The number of pyridine rings is 1. The number of fused-ring (bicyclic) bond motifs is 1. The minimum atomic E-state index is 0.00436. The first-order chi connectivity index (χ1) is 12.2. The van der Waals surface area contributed by atoms with Crippen molar-refractivity contribution in [3.8, 4) is 5.75 Å². The van der Waals surface area contributed by atoms with Gasteiger partial charge >= 0.3 is 0 Å². The lowest BCUT2D eigenvalue weighted by Crippen LogP contribution is -2.40. The van der Waals surface area contributed by atoms with E-state index in [2.05, 4.69) is 22.0 Å². The number of nitrogens with zero attached hydrogens (tertiary/aromatic N) is 1. The number of para-hydroxylation sites is 1. The second-order valence-corrected chi connectivity index (χ2v) is 6.78. The van der Waals surface area contributed by atoms with Gasteiger partial charge in [0.15, 0.2) is 5.43 Å². The molecule has 0 aliphatic carbocycles. The minimum absolute atomic E-state index is 0.00436. The van der Waals surface area contributed by atoms with Gasteiger partial charge in [-0.3, -0.25) is 9.69 Å². The van der Waals surface area contributed by atoms with Crippen LogP contribution in [-0.2, 0) is 6.54 Å². The van der Waals surface area contributed by atoms with Crippen molar-refractivity contribution in [3.05, 3.63) is 75.0 Å². The molecule has 128 valence electrons. The monoisotopic (exact) mass is 354 g/mol. The predicted molar refractivity (Wildman–Crippen MR) is 100 cm³/mol. The third-order valence-electron chi connectivity index (χ3n) is 4.85. The molecule has 4 nitrogen and oxygen atoms in total. The molecule has 1 aromatic heterocycles. The van der Waals surface area contributed by atoms with Crippen LogP contribution in [0.4, 0.5) is 0 Å². The van der Waals surface area contributed by atoms with Crippen molar-refractivity contribution in [1.29, 1.82) is 0 Å². The normalized spacial score (nSPS) is 17.4. The highest BCUT2D eigenvalue weighted by molar-refractivity contribution is 6.35. The third-order valence-corrected chi connectivity index (χ3v) is 5.17. The fraction of sp³-hybridized carbons (Fsp3) is 0.250. The Morgan fingerprint density at radius 3 is 2.84 bits per heavy atom. The van der Waals surface area contributed by atoms with E-state index < -0.39 is 0 Å². The van der Waals surface area contributed by atoms with E-state index in [1.807, 2.05) is 12.1 Å². The van der Waals surface area contributed by atoms with Crippen LogP contribution in [0.1, 0.15) is 23.7 Å². The summed E-state index contributed by atoms with van der Waals surface area (Å²) in [5.41, 5.74) is 2.85. The SMILES string of the molecule is COc1cccc([C@H]2CCN2Cc2cc(=O)c3cccc(Cl)c3[nH]2)c1. The zero-order valence-electron chi connectivity index (χ0n) is 14.0. The number of ether oxygens (including phenoxy) is 1. The molecule has 1 aliphatic heterocycles. The van der Waals surface area contributed by atoms with E-state index in [1.54, 1.807) is 31.4 Å². The zero-order chi connectivity index (χ0) is 17.4. The molecule has 0 saturated carbocycles. The van der Waals surface area contributed by atoms with Gasteiger partial charge in [0, 0.05) is 36.3 Å². The maximum atomic E-state index is 12.4. The quantitative estimate of drug-likeness (QED) is 0.766. The first-order valence-electron chi connectivity index (χ1n) is 8.34. The number of hydrogen-bond acceptors (Lipinski definition) is 3. The smallest absolute Gasteiger partial charge is 0.189 e. The first kappa shape index (κ1) is 16.2. The molecule has 1 saturated heterocycles. The highest BCUT2D eigenvalue weighted by Gasteiger charge is 2.29. The highest BCUT2D eigenvalue weighted by atomic mass is 35.5. The number of nitrogens with one attached hydrogen (secondary N) is 1. The molecule has 0 radical (unpaired) electrons. The van der Waals surface area contributed by atoms with Crippen LogP contribution in [-0.4, -0.2) is 23.5 Å². The number of hydrogen-bond donors (Lipinski definition) is 1. The Bertz CT molecular complexity index is 983. The van der Waals surface area contributed by atoms with Crippen molar-refractivity contribution in [1.82, 2.24) is 9.88 Å². The molecule has 0 bridgehead atoms. The average Bonchev–Trinajstić information content (AvgIpc) is 2.60. The Labute approximate surface area is 151 Å². The number of halogens is 1. The molecule has 1 aliphatic rings. The molecule has 0 unspecified atom stereocenters. The molecule has 3 aromatic rings. The van der Waals surface area contributed by atoms with Gasteiger partial charge in [-0.15, -0.1) is 0 Å². The summed E-state index contributed by atoms with van der Waals surface area (Å²) in [6.45, 7) is 1.70. The summed E-state index contributed by atoms with van der Waals surface area (Å²) in [6, 6.07) is 15.6. The van der Waals surface area contributed by atoms with Gasteiger partial charge in [-0.2, -0.15) is 0 Å². The molecule has 5 heteroatoms. The molecular formula is C20H19ClN2O2. The number of likely N-dealkylation sites (tertiary alicyclic amines) is 1. The van der Waals surface area contributed by atoms with E-state index in [4.69, 9.17) is 16.3 Å². The molecule has 1 atom stereocenters. The van der Waals surface area contributed by atoms with E-state index in [9.17, 15) is 4.79 Å². The van der Waals surface area contributed by atoms with Gasteiger partial charge in [-0.25, -0.2) is 0 Å². The largest absolute Gasteiger partial charge is 0.497 e. The van der Waals surface area contributed by atoms with Crippen LogP contribution in [0.3, 0.4) is 0 Å². The maximum absolute atomic E-state index is 12.4. The van der Waals surface area contributed by atoms with E-state index in [-0.39, 0.29) is 5.43 Å². The van der Waals surface area contributed by atoms with Gasteiger partial charge in [0.25, 0.3) is 0 Å². The van der Waals surface area contributed by atoms with Crippen LogP contribution < -0.4 is 10.2 Å². The molecule has 4 rings (SSSR count). The maximum Gasteiger partial charge on any atom is 0.189 e. The van der Waals surface area contributed by atoms with Crippen molar-refractivity contribution in [2.45, 2.75) is 19.0 Å². The Kier molecular flexibility index (Phi) is 4.24. The molecule has 2 heterocycles. The van der Waals surface area contributed by atoms with Crippen molar-refractivity contribution in [2.24, 2.45) is 0 Å². The lowest BCUT2D eigenvalue weighted by atomic mass is 9.94. The van der Waals surface area contributed by atoms with Crippen LogP contribution in [0.25, 0.3) is 10.9 Å². The Morgan fingerprint density at radius 1 is 1.24 bits per heavy atom. The minimum Gasteiger partial charge on any atom is -0.497 e. The van der Waals surface area contributed by atoms with Crippen molar-refractivity contribution in [2.75, 3.05) is 13.7 Å². The number of benzene rings is 2. The Hall–Kier alpha value is -2.30. The standard InChI is InChI=1S/C20H19ClN2O2/c1-25-15-5-2-4-13(10-15)18-8-9-23(18)12-14-11-19(24)16-6-3-7-17(21)20(16)22-14/h2-7,10-11,18H,8-9,12H2,1H3,(H,22,24)/t18-/m1/s1. The van der Waals surface area contributed by atoms with Gasteiger partial charge in [0.2, 0.25) is 0 Å². The second-order valence-electron chi connectivity index (χ2n) is 6.37. The number of H-pyrrole nitrogens is 1. The molecular weight excluding hydrogens is 336 g/mol. The number of rotatable bonds is 4. The summed E-state index contributed by atoms with van der Waals surface area (Å²) in [5, 5.41) is 1.20. The summed E-state index contributed by atoms with van der Waals surface area (Å²) < 4.78 is 5.32. The molecule has 25 heavy (non-hydrogen) atoms. The van der Waals surface area contributed by atoms with Crippen LogP contribution in [0.15, 0.2) is 53.3 Å². The van der Waals surface area contributed by atoms with Crippen LogP contribution in [0, 0.1) is 0 Å². The zero-order valence-corrected chi connectivity index (χ0v) is 14.7. The predicted octanol–water partition coefficient (Wildman–Crippen LogP) is 4.14. The average molecular weight is 355 g/mol. The lowest BCUT2D eigenvalue weighted by Gasteiger charge is -2.41. The van der Waals surface area contributed by atoms with Crippen molar-refractivity contribution >= 4 is 22.5 Å². The van der Waals surface area contributed by atoms with Crippen LogP contribution in [0.5, 0.6) is 5.75 Å². The first-order valence-corrected chi connectivity index (χ1v) is 8.72. The van der Waals surface area contributed by atoms with Gasteiger partial charge in [-0.1, -0.05) is 29.8 Å². The van der Waals surface area contributed by atoms with E-state index in [0.717, 1.165) is 24.4 Å². The second kappa shape index (κ2) is 6.54. The van der Waals surface area contributed by atoms with E-state index >= 15 is 0 Å². The molecule has 1 fully saturated rings. The molecule has 2 aromatic carbocycles. The summed E-state index contributed by atoms with van der Waals surface area (Å²) in [4.78, 5) is 18.0. The summed E-state index contributed by atoms with van der Waals surface area (Å²) >= 11 is 6.25. The summed E-state index contributed by atoms with van der Waals surface area (Å²) in [7, 11) is 1.68. The van der Waals surface area contributed by atoms with Gasteiger partial charge in [0.05, 0.1) is 17.6 Å². The third kappa shape index (κ3) is 3.03. The van der Waals surface area contributed by atoms with E-state index in [0.29, 0.717) is 28.5 Å². The molecule has 0 spiro atoms. The lowest BCUT2D eigenvalue weighted by molar-refractivity contribution is 0.0803. The van der Waals surface area contributed by atoms with Crippen molar-refractivity contribution < 1.29 is 4.74 Å². The molecule has 1 N–H and O–H groups in total. The van der Waals surface area contributed by atoms with Gasteiger partial charge in [0.1, 0.15) is 5.75 Å². The van der Waals surface area contributed by atoms with E-state index in [1.165, 1.54) is 5.56 Å². The summed E-state index contributed by atoms with van der Waals surface area (Å²) in [5.74, 6) is 0.871. The highest BCUT2D eigenvalue weighted by Crippen LogP contribution is 2.35. The number of aromatic nitrogens is 1. The van der Waals surface area contributed by atoms with Gasteiger partial charge < -0.3 is 9.72 Å². The topological polar surface area (TPSA) is 45.3 Å².